The molecule has 0 N–H and O–H groups in total. The van der Waals surface area contributed by atoms with Crippen molar-refractivity contribution < 1.29 is 14.3 Å². The normalized spacial score (nSPS) is 10.0. The zero-order valence-corrected chi connectivity index (χ0v) is 14.8. The first kappa shape index (κ1) is 18.3. The van der Waals surface area contributed by atoms with E-state index in [0.717, 1.165) is 11.1 Å². The van der Waals surface area contributed by atoms with Crippen LogP contribution < -0.4 is 9.47 Å². The van der Waals surface area contributed by atoms with Crippen molar-refractivity contribution in [2.45, 2.75) is 19.4 Å². The number of hydrogen-bond acceptors (Lipinski definition) is 4. The maximum atomic E-state index is 12.4. The minimum atomic E-state index is 0.0612. The van der Waals surface area contributed by atoms with E-state index in [9.17, 15) is 4.79 Å². The Bertz CT molecular complexity index is 741. The van der Waals surface area contributed by atoms with Gasteiger partial charge in [-0.05, 0) is 41.8 Å². The lowest BCUT2D eigenvalue weighted by molar-refractivity contribution is -0.130. The van der Waals surface area contributed by atoms with Gasteiger partial charge in [-0.25, -0.2) is 0 Å². The van der Waals surface area contributed by atoms with Crippen molar-refractivity contribution in [3.63, 3.8) is 0 Å². The molecule has 5 nitrogen and oxygen atoms in total. The molecule has 0 saturated carbocycles. The van der Waals surface area contributed by atoms with Gasteiger partial charge in [0.25, 0.3) is 0 Å². The topological polar surface area (TPSA) is 62.6 Å². The smallest absolute Gasteiger partial charge is 0.222 e. The van der Waals surface area contributed by atoms with E-state index < -0.39 is 0 Å². The zero-order chi connectivity index (χ0) is 18.2. The first-order chi connectivity index (χ1) is 12.0. The average Bonchev–Trinajstić information content (AvgIpc) is 2.66. The van der Waals surface area contributed by atoms with Crippen LogP contribution in [0.15, 0.2) is 42.5 Å². The van der Waals surface area contributed by atoms with Crippen molar-refractivity contribution in [2.75, 3.05) is 21.3 Å². The van der Waals surface area contributed by atoms with Gasteiger partial charge in [0.05, 0.1) is 25.9 Å². The molecule has 2 aromatic carbocycles. The quantitative estimate of drug-likeness (QED) is 0.778. The van der Waals surface area contributed by atoms with Gasteiger partial charge in [0, 0.05) is 26.1 Å². The Labute approximate surface area is 148 Å². The van der Waals surface area contributed by atoms with Gasteiger partial charge in [0.1, 0.15) is 11.5 Å². The number of benzene rings is 2. The number of rotatable bonds is 7. The van der Waals surface area contributed by atoms with Crippen molar-refractivity contribution >= 4 is 5.91 Å². The second-order valence-corrected chi connectivity index (χ2v) is 5.78. The van der Waals surface area contributed by atoms with E-state index in [1.165, 1.54) is 0 Å². The average molecular weight is 338 g/mol. The number of nitrogens with zero attached hydrogens (tertiary/aromatic N) is 2. The molecule has 2 aromatic rings. The third-order valence-electron chi connectivity index (χ3n) is 3.97. The molecule has 0 radical (unpaired) electrons. The summed E-state index contributed by atoms with van der Waals surface area (Å²) < 4.78 is 10.5. The molecule has 0 aliphatic carbocycles. The highest BCUT2D eigenvalue weighted by Crippen LogP contribution is 2.23. The van der Waals surface area contributed by atoms with Crippen LogP contribution in [0.2, 0.25) is 0 Å². The van der Waals surface area contributed by atoms with Crippen LogP contribution >= 0.6 is 0 Å². The zero-order valence-electron chi connectivity index (χ0n) is 14.8. The Morgan fingerprint density at radius 3 is 2.16 bits per heavy atom. The van der Waals surface area contributed by atoms with E-state index in [4.69, 9.17) is 14.7 Å². The molecule has 0 spiro atoms. The van der Waals surface area contributed by atoms with Gasteiger partial charge in [-0.15, -0.1) is 0 Å². The van der Waals surface area contributed by atoms with Gasteiger partial charge in [-0.1, -0.05) is 12.1 Å². The van der Waals surface area contributed by atoms with Crippen LogP contribution in [0.1, 0.15) is 23.1 Å². The first-order valence-corrected chi connectivity index (χ1v) is 8.00. The summed E-state index contributed by atoms with van der Waals surface area (Å²) in [5.41, 5.74) is 2.61. The molecular weight excluding hydrogens is 316 g/mol. The molecule has 0 heterocycles. The van der Waals surface area contributed by atoms with E-state index in [1.54, 1.807) is 38.3 Å². The van der Waals surface area contributed by atoms with Gasteiger partial charge in [0.15, 0.2) is 0 Å². The molecule has 0 aliphatic rings. The van der Waals surface area contributed by atoms with E-state index in [2.05, 4.69) is 6.07 Å². The number of carbonyl (C=O) groups is 1. The summed E-state index contributed by atoms with van der Waals surface area (Å²) in [5.74, 6) is 1.49. The third-order valence-corrected chi connectivity index (χ3v) is 3.97. The second-order valence-electron chi connectivity index (χ2n) is 5.78. The van der Waals surface area contributed by atoms with Crippen molar-refractivity contribution in [1.82, 2.24) is 4.90 Å². The van der Waals surface area contributed by atoms with E-state index in [0.29, 0.717) is 36.4 Å². The molecule has 0 fully saturated rings. The summed E-state index contributed by atoms with van der Waals surface area (Å²) >= 11 is 0. The first-order valence-electron chi connectivity index (χ1n) is 8.00. The van der Waals surface area contributed by atoms with Crippen LogP contribution in [0.25, 0.3) is 0 Å². The number of amides is 1. The van der Waals surface area contributed by atoms with Crippen molar-refractivity contribution in [1.29, 1.82) is 5.26 Å². The standard InChI is InChI=1S/C20H22N2O3/c1-22(14-16-6-4-15(13-21)5-7-16)20(23)9-8-17-10-18(24-2)12-19(11-17)25-3/h4-7,10-12H,8-9,14H2,1-3H3. The molecule has 0 atom stereocenters. The van der Waals surface area contributed by atoms with E-state index in [1.807, 2.05) is 30.3 Å². The van der Waals surface area contributed by atoms with Crippen molar-refractivity contribution in [3.05, 3.63) is 59.2 Å². The van der Waals surface area contributed by atoms with E-state index >= 15 is 0 Å². The Morgan fingerprint density at radius 2 is 1.64 bits per heavy atom. The van der Waals surface area contributed by atoms with Crippen LogP contribution in [0.3, 0.4) is 0 Å². The van der Waals surface area contributed by atoms with Crippen LogP contribution in [0.4, 0.5) is 0 Å². The summed E-state index contributed by atoms with van der Waals surface area (Å²) in [6.07, 6.45) is 1.02. The Hall–Kier alpha value is -3.00. The van der Waals surface area contributed by atoms with Gasteiger partial charge >= 0.3 is 0 Å². The molecule has 0 aromatic heterocycles. The number of aryl methyl sites for hydroxylation is 1. The number of ether oxygens (including phenoxy) is 2. The lowest BCUT2D eigenvalue weighted by atomic mass is 10.1. The maximum absolute atomic E-state index is 12.4. The fourth-order valence-corrected chi connectivity index (χ4v) is 2.50. The largest absolute Gasteiger partial charge is 0.497 e. The predicted molar refractivity (Wildman–Crippen MR) is 95.5 cm³/mol. The van der Waals surface area contributed by atoms with Gasteiger partial charge in [-0.3, -0.25) is 4.79 Å². The molecule has 5 heteroatoms. The molecular formula is C20H22N2O3. The summed E-state index contributed by atoms with van der Waals surface area (Å²) in [6.45, 7) is 0.520. The minimum Gasteiger partial charge on any atom is -0.497 e. The minimum absolute atomic E-state index is 0.0612. The molecule has 0 bridgehead atoms. The summed E-state index contributed by atoms with van der Waals surface area (Å²) in [5, 5.41) is 8.82. The highest BCUT2D eigenvalue weighted by atomic mass is 16.5. The van der Waals surface area contributed by atoms with Crippen LogP contribution in [0, 0.1) is 11.3 Å². The molecule has 25 heavy (non-hydrogen) atoms. The maximum Gasteiger partial charge on any atom is 0.222 e. The molecule has 0 unspecified atom stereocenters. The highest BCUT2D eigenvalue weighted by Gasteiger charge is 2.11. The molecule has 1 amide bonds. The monoisotopic (exact) mass is 338 g/mol. The third kappa shape index (κ3) is 5.25. The number of hydrogen-bond donors (Lipinski definition) is 0. The van der Waals surface area contributed by atoms with E-state index in [-0.39, 0.29) is 5.91 Å². The Kier molecular flexibility index (Phi) is 6.41. The second kappa shape index (κ2) is 8.74. The van der Waals surface area contributed by atoms with Gasteiger partial charge < -0.3 is 14.4 Å². The SMILES string of the molecule is COc1cc(CCC(=O)N(C)Cc2ccc(C#N)cc2)cc(OC)c1. The fraction of sp³-hybridized carbons (Fsp3) is 0.300. The van der Waals surface area contributed by atoms with Crippen molar-refractivity contribution in [3.8, 4) is 17.6 Å². The van der Waals surface area contributed by atoms with Gasteiger partial charge in [0.2, 0.25) is 5.91 Å². The Morgan fingerprint density at radius 1 is 1.04 bits per heavy atom. The highest BCUT2D eigenvalue weighted by molar-refractivity contribution is 5.76. The van der Waals surface area contributed by atoms with Crippen molar-refractivity contribution in [2.24, 2.45) is 0 Å². The number of methoxy groups -OCH3 is 2. The lowest BCUT2D eigenvalue weighted by Crippen LogP contribution is -2.26. The lowest BCUT2D eigenvalue weighted by Gasteiger charge is -2.17. The summed E-state index contributed by atoms with van der Waals surface area (Å²) in [6, 6.07) is 15.0. The van der Waals surface area contributed by atoms with Crippen LogP contribution in [0.5, 0.6) is 11.5 Å². The van der Waals surface area contributed by atoms with Gasteiger partial charge in [-0.2, -0.15) is 5.26 Å². The predicted octanol–water partition coefficient (Wildman–Crippen LogP) is 3.17. The fourth-order valence-electron chi connectivity index (χ4n) is 2.50. The molecule has 0 aliphatic heterocycles. The molecule has 2 rings (SSSR count). The number of nitriles is 1. The summed E-state index contributed by atoms with van der Waals surface area (Å²) in [7, 11) is 5.00. The number of carbonyl (C=O) groups excluding carboxylic acids is 1. The Balaban J connectivity index is 1.93. The molecule has 0 saturated heterocycles. The molecule has 130 valence electrons. The van der Waals surface area contributed by atoms with Crippen LogP contribution in [-0.2, 0) is 17.8 Å². The van der Waals surface area contributed by atoms with Crippen LogP contribution in [-0.4, -0.2) is 32.1 Å². The summed E-state index contributed by atoms with van der Waals surface area (Å²) in [4.78, 5) is 14.1.